The molecule has 0 aliphatic carbocycles. The monoisotopic (exact) mass is 216 g/mol. The molecule has 2 nitrogen and oxygen atoms in total. The minimum atomic E-state index is -1.07. The molecule has 0 saturated heterocycles. The quantitative estimate of drug-likeness (QED) is 0.505. The summed E-state index contributed by atoms with van der Waals surface area (Å²) in [5.41, 5.74) is 0. The molecule has 0 aliphatic heterocycles. The standard InChI is InChI=1S/C11H28N2Si/c1-10(2)12-9-7-8-11(3)13-14(4,5)6/h10-13H,7-9H2,1-6H3. The highest BCUT2D eigenvalue weighted by atomic mass is 28.3. The summed E-state index contributed by atoms with van der Waals surface area (Å²) in [5, 5.41) is 3.45. The smallest absolute Gasteiger partial charge is 0.116 e. The van der Waals surface area contributed by atoms with Gasteiger partial charge in [0.1, 0.15) is 8.24 Å². The van der Waals surface area contributed by atoms with Crippen molar-refractivity contribution in [2.24, 2.45) is 0 Å². The second-order valence-electron chi connectivity index (χ2n) is 5.55. The molecule has 86 valence electrons. The second kappa shape index (κ2) is 6.59. The largest absolute Gasteiger partial charge is 0.335 e. The van der Waals surface area contributed by atoms with Crippen molar-refractivity contribution >= 4 is 8.24 Å². The Morgan fingerprint density at radius 2 is 1.64 bits per heavy atom. The lowest BCUT2D eigenvalue weighted by Crippen LogP contribution is -2.46. The summed E-state index contributed by atoms with van der Waals surface area (Å²) in [6.07, 6.45) is 2.56. The van der Waals surface area contributed by atoms with Crippen LogP contribution in [0, 0.1) is 0 Å². The Balaban J connectivity index is 3.40. The first-order chi connectivity index (χ1) is 6.31. The average Bonchev–Trinajstić information content (AvgIpc) is 1.94. The number of rotatable bonds is 7. The van der Waals surface area contributed by atoms with Crippen LogP contribution in [0.25, 0.3) is 0 Å². The molecular formula is C11H28N2Si. The molecule has 1 unspecified atom stereocenters. The first-order valence-corrected chi connectivity index (χ1v) is 9.32. The molecule has 0 fully saturated rings. The van der Waals surface area contributed by atoms with Crippen LogP contribution in [-0.2, 0) is 0 Å². The predicted octanol–water partition coefficient (Wildman–Crippen LogP) is 2.58. The molecule has 0 radical (unpaired) electrons. The van der Waals surface area contributed by atoms with E-state index >= 15 is 0 Å². The van der Waals surface area contributed by atoms with Crippen LogP contribution in [0.15, 0.2) is 0 Å². The van der Waals surface area contributed by atoms with Gasteiger partial charge in [-0.05, 0) is 25.4 Å². The van der Waals surface area contributed by atoms with E-state index in [1.807, 2.05) is 0 Å². The lowest BCUT2D eigenvalue weighted by atomic mass is 10.2. The van der Waals surface area contributed by atoms with Gasteiger partial charge in [-0.25, -0.2) is 0 Å². The lowest BCUT2D eigenvalue weighted by Gasteiger charge is -2.24. The molecule has 0 aliphatic rings. The van der Waals surface area contributed by atoms with Crippen LogP contribution in [-0.4, -0.2) is 26.9 Å². The molecule has 3 heteroatoms. The molecule has 0 rings (SSSR count). The van der Waals surface area contributed by atoms with Crippen LogP contribution in [0.2, 0.25) is 19.6 Å². The number of hydrogen-bond acceptors (Lipinski definition) is 2. The van der Waals surface area contributed by atoms with E-state index in [0.29, 0.717) is 12.1 Å². The third-order valence-electron chi connectivity index (χ3n) is 2.05. The molecule has 0 aromatic rings. The molecule has 14 heavy (non-hydrogen) atoms. The Morgan fingerprint density at radius 1 is 1.07 bits per heavy atom. The fourth-order valence-corrected chi connectivity index (χ4v) is 3.23. The van der Waals surface area contributed by atoms with Gasteiger partial charge in [0, 0.05) is 6.04 Å². The molecule has 0 aromatic carbocycles. The van der Waals surface area contributed by atoms with Gasteiger partial charge in [0.25, 0.3) is 0 Å². The topological polar surface area (TPSA) is 24.1 Å². The molecule has 0 heterocycles. The van der Waals surface area contributed by atoms with Crippen molar-refractivity contribution in [3.8, 4) is 0 Å². The van der Waals surface area contributed by atoms with E-state index in [2.05, 4.69) is 50.7 Å². The molecular weight excluding hydrogens is 188 g/mol. The Kier molecular flexibility index (Phi) is 6.65. The first-order valence-electron chi connectivity index (χ1n) is 5.82. The fraction of sp³-hybridized carbons (Fsp3) is 1.00. The third-order valence-corrected chi connectivity index (χ3v) is 3.40. The summed E-state index contributed by atoms with van der Waals surface area (Å²) in [7, 11) is -1.07. The minimum Gasteiger partial charge on any atom is -0.335 e. The maximum absolute atomic E-state index is 3.72. The van der Waals surface area contributed by atoms with Crippen LogP contribution < -0.4 is 10.3 Å². The van der Waals surface area contributed by atoms with E-state index in [-0.39, 0.29) is 0 Å². The molecule has 0 aromatic heterocycles. The van der Waals surface area contributed by atoms with E-state index < -0.39 is 8.24 Å². The number of nitrogens with one attached hydrogen (secondary N) is 2. The average molecular weight is 216 g/mol. The van der Waals surface area contributed by atoms with Crippen LogP contribution in [0.5, 0.6) is 0 Å². The van der Waals surface area contributed by atoms with Crippen LogP contribution in [0.4, 0.5) is 0 Å². The zero-order chi connectivity index (χ0) is 11.2. The van der Waals surface area contributed by atoms with Gasteiger partial charge >= 0.3 is 0 Å². The summed E-state index contributed by atoms with van der Waals surface area (Å²) < 4.78 is 0. The van der Waals surface area contributed by atoms with Crippen molar-refractivity contribution in [1.29, 1.82) is 0 Å². The molecule has 0 saturated carbocycles. The molecule has 2 N–H and O–H groups in total. The van der Waals surface area contributed by atoms with Crippen molar-refractivity contribution in [2.45, 2.75) is 65.3 Å². The highest BCUT2D eigenvalue weighted by molar-refractivity contribution is 6.73. The second-order valence-corrected chi connectivity index (χ2v) is 10.3. The van der Waals surface area contributed by atoms with E-state index in [1.165, 1.54) is 12.8 Å². The molecule has 1 atom stereocenters. The van der Waals surface area contributed by atoms with Crippen molar-refractivity contribution in [2.75, 3.05) is 6.54 Å². The van der Waals surface area contributed by atoms with Gasteiger partial charge in [-0.2, -0.15) is 0 Å². The number of hydrogen-bond donors (Lipinski definition) is 2. The highest BCUT2D eigenvalue weighted by Gasteiger charge is 2.15. The predicted molar refractivity (Wildman–Crippen MR) is 68.3 cm³/mol. The Hall–Kier alpha value is 0.137. The molecule has 0 spiro atoms. The fourth-order valence-electron chi connectivity index (χ4n) is 1.61. The van der Waals surface area contributed by atoms with E-state index in [9.17, 15) is 0 Å². The zero-order valence-corrected chi connectivity index (χ0v) is 11.8. The molecule has 0 amide bonds. The summed E-state index contributed by atoms with van der Waals surface area (Å²) in [6, 6.07) is 1.30. The minimum absolute atomic E-state index is 0.621. The van der Waals surface area contributed by atoms with E-state index in [4.69, 9.17) is 0 Å². The third kappa shape index (κ3) is 10.2. The van der Waals surface area contributed by atoms with Gasteiger partial charge in [-0.1, -0.05) is 40.4 Å². The Morgan fingerprint density at radius 3 is 2.07 bits per heavy atom. The summed E-state index contributed by atoms with van der Waals surface area (Å²) >= 11 is 0. The van der Waals surface area contributed by atoms with Crippen LogP contribution in [0.1, 0.15) is 33.6 Å². The van der Waals surface area contributed by atoms with Crippen LogP contribution in [0.3, 0.4) is 0 Å². The van der Waals surface area contributed by atoms with Crippen molar-refractivity contribution in [3.63, 3.8) is 0 Å². The normalized spacial score (nSPS) is 14.8. The summed E-state index contributed by atoms with van der Waals surface area (Å²) in [6.45, 7) is 14.9. The Labute approximate surface area is 90.9 Å². The summed E-state index contributed by atoms with van der Waals surface area (Å²) in [5.74, 6) is 0. The first kappa shape index (κ1) is 14.1. The van der Waals surface area contributed by atoms with Gasteiger partial charge in [0.05, 0.1) is 0 Å². The SMILES string of the molecule is CC(C)NCCCC(C)N[Si](C)(C)C. The molecule has 0 bridgehead atoms. The maximum atomic E-state index is 3.72. The zero-order valence-electron chi connectivity index (χ0n) is 10.8. The van der Waals surface area contributed by atoms with Gasteiger partial charge in [-0.15, -0.1) is 0 Å². The van der Waals surface area contributed by atoms with Gasteiger partial charge in [-0.3, -0.25) is 0 Å². The maximum Gasteiger partial charge on any atom is 0.116 e. The van der Waals surface area contributed by atoms with Gasteiger partial charge in [0.15, 0.2) is 0 Å². The van der Waals surface area contributed by atoms with Gasteiger partial charge in [0.2, 0.25) is 0 Å². The van der Waals surface area contributed by atoms with Crippen molar-refractivity contribution in [3.05, 3.63) is 0 Å². The summed E-state index contributed by atoms with van der Waals surface area (Å²) in [4.78, 5) is 3.72. The highest BCUT2D eigenvalue weighted by Crippen LogP contribution is 2.02. The van der Waals surface area contributed by atoms with E-state index in [0.717, 1.165) is 6.54 Å². The van der Waals surface area contributed by atoms with Gasteiger partial charge < -0.3 is 10.3 Å². The lowest BCUT2D eigenvalue weighted by molar-refractivity contribution is 0.517. The van der Waals surface area contributed by atoms with Crippen LogP contribution >= 0.6 is 0 Å². The van der Waals surface area contributed by atoms with E-state index in [1.54, 1.807) is 0 Å². The Bertz CT molecular complexity index is 141. The van der Waals surface area contributed by atoms with Crippen molar-refractivity contribution in [1.82, 2.24) is 10.3 Å². The van der Waals surface area contributed by atoms with Crippen molar-refractivity contribution < 1.29 is 0 Å².